The molecule has 106 valence electrons. The van der Waals surface area contributed by atoms with Gasteiger partial charge in [-0.3, -0.25) is 0 Å². The summed E-state index contributed by atoms with van der Waals surface area (Å²) in [6.07, 6.45) is 3.18. The second-order valence-corrected chi connectivity index (χ2v) is 6.20. The van der Waals surface area contributed by atoms with Gasteiger partial charge in [0.2, 0.25) is 0 Å². The molecule has 1 saturated heterocycles. The highest BCUT2D eigenvalue weighted by Gasteiger charge is 2.31. The maximum absolute atomic E-state index is 14.1. The van der Waals surface area contributed by atoms with E-state index in [2.05, 4.69) is 40.0 Å². The zero-order valence-electron chi connectivity index (χ0n) is 11.7. The van der Waals surface area contributed by atoms with Gasteiger partial charge in [0.1, 0.15) is 5.82 Å². The highest BCUT2D eigenvalue weighted by Crippen LogP contribution is 2.28. The second-order valence-electron chi connectivity index (χ2n) is 5.29. The van der Waals surface area contributed by atoms with E-state index in [1.807, 2.05) is 6.07 Å². The first-order valence-electron chi connectivity index (χ1n) is 7.05. The average Bonchev–Trinajstić information content (AvgIpc) is 2.64. The van der Waals surface area contributed by atoms with Crippen molar-refractivity contribution >= 4 is 21.6 Å². The Morgan fingerprint density at radius 2 is 2.11 bits per heavy atom. The Kier molecular flexibility index (Phi) is 4.85. The van der Waals surface area contributed by atoms with E-state index in [-0.39, 0.29) is 11.4 Å². The quantitative estimate of drug-likeness (QED) is 0.903. The molecular formula is C15H22BrFN2. The molecular weight excluding hydrogens is 307 g/mol. The first kappa shape index (κ1) is 14.8. The molecule has 1 aliphatic rings. The van der Waals surface area contributed by atoms with Crippen LogP contribution in [0.2, 0.25) is 0 Å². The van der Waals surface area contributed by atoms with Gasteiger partial charge in [0.25, 0.3) is 0 Å². The summed E-state index contributed by atoms with van der Waals surface area (Å²) >= 11 is 3.44. The molecule has 0 bridgehead atoms. The molecule has 1 fully saturated rings. The van der Waals surface area contributed by atoms with Crippen LogP contribution in [-0.2, 0) is 0 Å². The van der Waals surface area contributed by atoms with Crippen LogP contribution < -0.4 is 10.2 Å². The number of nitrogens with zero attached hydrogens (tertiary/aromatic N) is 1. The maximum Gasteiger partial charge on any atom is 0.146 e. The standard InChI is InChI=1S/C15H22BrFN2/c1-3-15(4-2)11-19(9-5-8-18-15)14-10-12(16)6-7-13(14)17/h6-7,10,18H,3-5,8-9,11H2,1-2H3. The largest absolute Gasteiger partial charge is 0.367 e. The van der Waals surface area contributed by atoms with Gasteiger partial charge in [0.15, 0.2) is 0 Å². The second kappa shape index (κ2) is 6.23. The van der Waals surface area contributed by atoms with Crippen LogP contribution in [0, 0.1) is 5.82 Å². The fourth-order valence-electron chi connectivity index (χ4n) is 2.78. The van der Waals surface area contributed by atoms with Crippen molar-refractivity contribution in [2.24, 2.45) is 0 Å². The van der Waals surface area contributed by atoms with Crippen molar-refractivity contribution in [1.82, 2.24) is 5.32 Å². The van der Waals surface area contributed by atoms with Gasteiger partial charge in [-0.2, -0.15) is 0 Å². The third-order valence-corrected chi connectivity index (χ3v) is 4.69. The number of hydrogen-bond acceptors (Lipinski definition) is 2. The van der Waals surface area contributed by atoms with Crippen molar-refractivity contribution in [2.75, 3.05) is 24.5 Å². The van der Waals surface area contributed by atoms with Crippen LogP contribution in [0.5, 0.6) is 0 Å². The van der Waals surface area contributed by atoms with Crippen LogP contribution >= 0.6 is 15.9 Å². The summed E-state index contributed by atoms with van der Waals surface area (Å²) in [5.74, 6) is -0.133. The van der Waals surface area contributed by atoms with Crippen molar-refractivity contribution in [2.45, 2.75) is 38.6 Å². The lowest BCUT2D eigenvalue weighted by Gasteiger charge is -2.36. The molecule has 19 heavy (non-hydrogen) atoms. The smallest absolute Gasteiger partial charge is 0.146 e. The number of nitrogens with one attached hydrogen (secondary N) is 1. The minimum Gasteiger partial charge on any atom is -0.367 e. The van der Waals surface area contributed by atoms with Crippen molar-refractivity contribution < 1.29 is 4.39 Å². The van der Waals surface area contributed by atoms with Gasteiger partial charge in [0.05, 0.1) is 5.69 Å². The van der Waals surface area contributed by atoms with Crippen LogP contribution in [0.1, 0.15) is 33.1 Å². The van der Waals surface area contributed by atoms with Crippen molar-refractivity contribution in [1.29, 1.82) is 0 Å². The zero-order chi connectivity index (χ0) is 13.9. The Balaban J connectivity index is 2.29. The third kappa shape index (κ3) is 3.29. The van der Waals surface area contributed by atoms with Crippen LogP contribution in [0.3, 0.4) is 0 Å². The summed E-state index contributed by atoms with van der Waals surface area (Å²) in [4.78, 5) is 2.19. The number of hydrogen-bond donors (Lipinski definition) is 1. The molecule has 0 atom stereocenters. The van der Waals surface area contributed by atoms with Crippen molar-refractivity contribution in [3.8, 4) is 0 Å². The van der Waals surface area contributed by atoms with E-state index in [1.165, 1.54) is 6.07 Å². The predicted octanol–water partition coefficient (Wildman–Crippen LogP) is 3.95. The third-order valence-electron chi connectivity index (χ3n) is 4.20. The van der Waals surface area contributed by atoms with Gasteiger partial charge in [-0.15, -0.1) is 0 Å². The van der Waals surface area contributed by atoms with E-state index in [0.717, 1.165) is 43.4 Å². The molecule has 1 N–H and O–H groups in total. The summed E-state index contributed by atoms with van der Waals surface area (Å²) in [5.41, 5.74) is 0.815. The lowest BCUT2D eigenvalue weighted by atomic mass is 9.92. The number of anilines is 1. The Labute approximate surface area is 123 Å². The van der Waals surface area contributed by atoms with Crippen molar-refractivity contribution in [3.63, 3.8) is 0 Å². The molecule has 4 heteroatoms. The van der Waals surface area contributed by atoms with E-state index in [0.29, 0.717) is 5.69 Å². The van der Waals surface area contributed by atoms with Gasteiger partial charge in [0, 0.05) is 23.1 Å². The molecule has 0 spiro atoms. The highest BCUT2D eigenvalue weighted by atomic mass is 79.9. The molecule has 0 aromatic heterocycles. The molecule has 1 heterocycles. The average molecular weight is 329 g/mol. The van der Waals surface area contributed by atoms with Gasteiger partial charge < -0.3 is 10.2 Å². The van der Waals surface area contributed by atoms with E-state index >= 15 is 0 Å². The Morgan fingerprint density at radius 3 is 2.79 bits per heavy atom. The van der Waals surface area contributed by atoms with Crippen LogP contribution in [-0.4, -0.2) is 25.2 Å². The summed E-state index contributed by atoms with van der Waals surface area (Å²) < 4.78 is 15.0. The highest BCUT2D eigenvalue weighted by molar-refractivity contribution is 9.10. The van der Waals surface area contributed by atoms with Crippen molar-refractivity contribution in [3.05, 3.63) is 28.5 Å². The Morgan fingerprint density at radius 1 is 1.37 bits per heavy atom. The fraction of sp³-hybridized carbons (Fsp3) is 0.600. The maximum atomic E-state index is 14.1. The van der Waals surface area contributed by atoms with E-state index < -0.39 is 0 Å². The molecule has 0 saturated carbocycles. The van der Waals surface area contributed by atoms with Gasteiger partial charge in [-0.1, -0.05) is 29.8 Å². The van der Waals surface area contributed by atoms with Crippen LogP contribution in [0.15, 0.2) is 22.7 Å². The Bertz CT molecular complexity index is 432. The summed E-state index contributed by atoms with van der Waals surface area (Å²) in [6, 6.07) is 5.18. The summed E-state index contributed by atoms with van der Waals surface area (Å²) in [6.45, 7) is 7.19. The molecule has 0 unspecified atom stereocenters. The molecule has 0 amide bonds. The molecule has 1 aromatic rings. The van der Waals surface area contributed by atoms with Gasteiger partial charge in [-0.05, 0) is 44.0 Å². The number of benzene rings is 1. The Hall–Kier alpha value is -0.610. The van der Waals surface area contributed by atoms with Crippen LogP contribution in [0.4, 0.5) is 10.1 Å². The minimum absolute atomic E-state index is 0.102. The zero-order valence-corrected chi connectivity index (χ0v) is 13.3. The van der Waals surface area contributed by atoms with E-state index in [9.17, 15) is 4.39 Å². The molecule has 2 rings (SSSR count). The molecule has 0 aliphatic carbocycles. The fourth-order valence-corrected chi connectivity index (χ4v) is 3.13. The first-order chi connectivity index (χ1) is 9.10. The minimum atomic E-state index is -0.133. The van der Waals surface area contributed by atoms with Crippen LogP contribution in [0.25, 0.3) is 0 Å². The molecule has 2 nitrogen and oxygen atoms in total. The summed E-state index contributed by atoms with van der Waals surface area (Å²) in [5, 5.41) is 3.65. The van der Waals surface area contributed by atoms with E-state index in [4.69, 9.17) is 0 Å². The molecule has 1 aliphatic heterocycles. The normalized spacial score (nSPS) is 19.3. The van der Waals surface area contributed by atoms with E-state index in [1.54, 1.807) is 6.07 Å². The monoisotopic (exact) mass is 328 g/mol. The first-order valence-corrected chi connectivity index (χ1v) is 7.84. The lowest BCUT2D eigenvalue weighted by Crippen LogP contribution is -2.50. The number of halogens is 2. The number of rotatable bonds is 3. The van der Waals surface area contributed by atoms with Gasteiger partial charge >= 0.3 is 0 Å². The molecule has 0 radical (unpaired) electrons. The summed E-state index contributed by atoms with van der Waals surface area (Å²) in [7, 11) is 0. The predicted molar refractivity (Wildman–Crippen MR) is 82.2 cm³/mol. The topological polar surface area (TPSA) is 15.3 Å². The molecule has 1 aromatic carbocycles. The SMILES string of the molecule is CCC1(CC)CN(c2cc(Br)ccc2F)CCCN1. The van der Waals surface area contributed by atoms with Gasteiger partial charge in [-0.25, -0.2) is 4.39 Å². The lowest BCUT2D eigenvalue weighted by molar-refractivity contribution is 0.321.